The van der Waals surface area contributed by atoms with Gasteiger partial charge in [0, 0.05) is 13.5 Å². The van der Waals surface area contributed by atoms with Crippen LogP contribution in [0.25, 0.3) is 0 Å². The molecule has 0 radical (unpaired) electrons. The minimum atomic E-state index is -1.22. The number of hydrogen-bond acceptors (Lipinski definition) is 6. The Morgan fingerprint density at radius 2 is 1.96 bits per heavy atom. The van der Waals surface area contributed by atoms with Crippen LogP contribution in [0.1, 0.15) is 39.0 Å². The molecule has 0 aromatic carbocycles. The number of hydrogen-bond donors (Lipinski definition) is 1. The van der Waals surface area contributed by atoms with E-state index in [2.05, 4.69) is 0 Å². The van der Waals surface area contributed by atoms with Crippen molar-refractivity contribution in [1.82, 2.24) is 0 Å². The molecular weight excluding hydrogens is 304 g/mol. The van der Waals surface area contributed by atoms with Gasteiger partial charge in [-0.1, -0.05) is 0 Å². The Labute approximate surface area is 135 Å². The molecule has 130 valence electrons. The zero-order chi connectivity index (χ0) is 16.7. The van der Waals surface area contributed by atoms with E-state index in [0.29, 0.717) is 26.1 Å². The fourth-order valence-electron chi connectivity index (χ4n) is 4.54. The van der Waals surface area contributed by atoms with E-state index >= 15 is 0 Å². The Morgan fingerprint density at radius 3 is 2.52 bits per heavy atom. The van der Waals surface area contributed by atoms with Gasteiger partial charge in [-0.25, -0.2) is 0 Å². The van der Waals surface area contributed by atoms with Crippen LogP contribution in [0.3, 0.4) is 0 Å². The van der Waals surface area contributed by atoms with Crippen molar-refractivity contribution in [3.8, 4) is 0 Å². The predicted molar refractivity (Wildman–Crippen MR) is 77.7 cm³/mol. The number of carbonyl (C=O) groups excluding carboxylic acids is 1. The van der Waals surface area contributed by atoms with Crippen molar-refractivity contribution in [3.63, 3.8) is 0 Å². The second-order valence-electron chi connectivity index (χ2n) is 6.67. The smallest absolute Gasteiger partial charge is 0.317 e. The van der Waals surface area contributed by atoms with Gasteiger partial charge in [0.25, 0.3) is 0 Å². The molecule has 0 aromatic heterocycles. The van der Waals surface area contributed by atoms with Gasteiger partial charge < -0.3 is 24.1 Å². The molecule has 3 atom stereocenters. The van der Waals surface area contributed by atoms with Crippen LogP contribution in [0.5, 0.6) is 0 Å². The molecule has 4 aliphatic rings. The van der Waals surface area contributed by atoms with E-state index in [4.69, 9.17) is 18.9 Å². The number of methoxy groups -OCH3 is 1. The van der Waals surface area contributed by atoms with Crippen molar-refractivity contribution < 1.29 is 33.6 Å². The molecule has 7 nitrogen and oxygen atoms in total. The van der Waals surface area contributed by atoms with Crippen molar-refractivity contribution in [2.45, 2.75) is 50.9 Å². The number of fused-ring (bicyclic) bond motifs is 2. The average molecular weight is 328 g/mol. The molecule has 1 spiro atoms. The van der Waals surface area contributed by atoms with E-state index < -0.39 is 28.7 Å². The first-order valence-electron chi connectivity index (χ1n) is 8.18. The summed E-state index contributed by atoms with van der Waals surface area (Å²) in [5, 5.41) is 9.85. The van der Waals surface area contributed by atoms with Gasteiger partial charge in [0.2, 0.25) is 0 Å². The van der Waals surface area contributed by atoms with E-state index in [1.807, 2.05) is 0 Å². The monoisotopic (exact) mass is 328 g/mol. The highest BCUT2D eigenvalue weighted by atomic mass is 16.7. The van der Waals surface area contributed by atoms with Crippen LogP contribution in [0.4, 0.5) is 0 Å². The summed E-state index contributed by atoms with van der Waals surface area (Å²) in [7, 11) is 1.49. The molecule has 0 aromatic rings. The minimum absolute atomic E-state index is 0.118. The van der Waals surface area contributed by atoms with Crippen LogP contribution in [0.15, 0.2) is 0 Å². The average Bonchev–Trinajstić information content (AvgIpc) is 2.56. The number of rotatable bonds is 4. The fourth-order valence-corrected chi connectivity index (χ4v) is 4.54. The van der Waals surface area contributed by atoms with Gasteiger partial charge >= 0.3 is 11.9 Å². The van der Waals surface area contributed by atoms with Gasteiger partial charge in [-0.05, 0) is 32.6 Å². The molecule has 0 amide bonds. The molecule has 3 aliphatic carbocycles. The summed E-state index contributed by atoms with van der Waals surface area (Å²) in [6.07, 6.45) is 1.26. The van der Waals surface area contributed by atoms with E-state index in [-0.39, 0.29) is 25.4 Å². The number of ether oxygens (including phenoxy) is 4. The minimum Gasteiger partial charge on any atom is -0.481 e. The van der Waals surface area contributed by atoms with Gasteiger partial charge in [0.15, 0.2) is 5.79 Å². The molecule has 1 saturated heterocycles. The van der Waals surface area contributed by atoms with Crippen LogP contribution >= 0.6 is 0 Å². The first-order valence-corrected chi connectivity index (χ1v) is 8.18. The van der Waals surface area contributed by atoms with E-state index in [1.54, 1.807) is 6.92 Å². The van der Waals surface area contributed by atoms with Crippen LogP contribution in [0.2, 0.25) is 0 Å². The molecule has 1 N–H and O–H groups in total. The Bertz CT molecular complexity index is 499. The molecule has 1 aliphatic heterocycles. The Balaban J connectivity index is 2.06. The third-order valence-corrected chi connectivity index (χ3v) is 5.76. The SMILES string of the molecule is CCOC(=O)[C@@]12CC[C@@](C(=O)O)(CC13OCCCO3)[C@@H](OC)C2. The lowest BCUT2D eigenvalue weighted by Crippen LogP contribution is -2.72. The standard InChI is InChI=1S/C16H24O7/c1-3-21-13(19)15-6-5-14(12(17)18,11(9-15)20-2)10-16(15)22-7-4-8-23-16/h11H,3-10H2,1-2H3,(H,17,18)/t11-,14+,15-/m0/s1. The summed E-state index contributed by atoms with van der Waals surface area (Å²) in [5.41, 5.74) is -2.08. The lowest BCUT2D eigenvalue weighted by molar-refractivity contribution is -0.372. The van der Waals surface area contributed by atoms with E-state index in [9.17, 15) is 14.7 Å². The molecule has 2 bridgehead atoms. The van der Waals surface area contributed by atoms with Crippen LogP contribution in [-0.4, -0.2) is 55.9 Å². The van der Waals surface area contributed by atoms with Crippen molar-refractivity contribution in [3.05, 3.63) is 0 Å². The summed E-state index contributed by atoms with van der Waals surface area (Å²) in [6, 6.07) is 0. The van der Waals surface area contributed by atoms with Gasteiger partial charge in [-0.3, -0.25) is 9.59 Å². The number of aliphatic carboxylic acids is 1. The number of esters is 1. The predicted octanol–water partition coefficient (Wildman–Crippen LogP) is 1.34. The molecule has 3 saturated carbocycles. The molecular formula is C16H24O7. The molecule has 23 heavy (non-hydrogen) atoms. The molecule has 7 heteroatoms. The maximum absolute atomic E-state index is 12.8. The van der Waals surface area contributed by atoms with Crippen LogP contribution in [0, 0.1) is 10.8 Å². The second kappa shape index (κ2) is 5.72. The number of carbonyl (C=O) groups is 2. The number of carboxylic acid groups (broad SMARTS) is 1. The summed E-state index contributed by atoms with van der Waals surface area (Å²) in [4.78, 5) is 24.8. The second-order valence-corrected chi connectivity index (χ2v) is 6.67. The topological polar surface area (TPSA) is 91.3 Å². The van der Waals surface area contributed by atoms with Crippen molar-refractivity contribution in [2.75, 3.05) is 26.9 Å². The lowest BCUT2D eigenvalue weighted by atomic mass is 9.49. The molecule has 4 fully saturated rings. The Morgan fingerprint density at radius 1 is 1.26 bits per heavy atom. The van der Waals surface area contributed by atoms with Crippen molar-refractivity contribution in [1.29, 1.82) is 0 Å². The first-order chi connectivity index (χ1) is 11.0. The van der Waals surface area contributed by atoms with Gasteiger partial charge in [0.1, 0.15) is 5.41 Å². The van der Waals surface area contributed by atoms with Gasteiger partial charge in [-0.2, -0.15) is 0 Å². The first kappa shape index (κ1) is 16.7. The normalized spacial score (nSPS) is 38.4. The molecule has 1 heterocycles. The summed E-state index contributed by atoms with van der Waals surface area (Å²) < 4.78 is 22.7. The zero-order valence-corrected chi connectivity index (χ0v) is 13.6. The number of carboxylic acids is 1. The highest BCUT2D eigenvalue weighted by Crippen LogP contribution is 2.65. The van der Waals surface area contributed by atoms with Gasteiger partial charge in [0.05, 0.1) is 31.3 Å². The zero-order valence-electron chi connectivity index (χ0n) is 13.6. The Kier molecular flexibility index (Phi) is 4.14. The quantitative estimate of drug-likeness (QED) is 0.779. The Hall–Kier alpha value is -1.18. The maximum Gasteiger partial charge on any atom is 0.317 e. The molecule has 4 rings (SSSR count). The fraction of sp³-hybridized carbons (Fsp3) is 0.875. The van der Waals surface area contributed by atoms with Crippen molar-refractivity contribution in [2.24, 2.45) is 10.8 Å². The van der Waals surface area contributed by atoms with Crippen molar-refractivity contribution >= 4 is 11.9 Å². The highest BCUT2D eigenvalue weighted by molar-refractivity contribution is 5.83. The third-order valence-electron chi connectivity index (χ3n) is 5.76. The van der Waals surface area contributed by atoms with Gasteiger partial charge in [-0.15, -0.1) is 0 Å². The van der Waals surface area contributed by atoms with Crippen LogP contribution in [-0.2, 0) is 28.5 Å². The largest absolute Gasteiger partial charge is 0.481 e. The molecule has 0 unspecified atom stereocenters. The summed E-state index contributed by atoms with van der Waals surface area (Å²) in [5.74, 6) is -2.51. The summed E-state index contributed by atoms with van der Waals surface area (Å²) in [6.45, 7) is 2.92. The third kappa shape index (κ3) is 2.13. The van der Waals surface area contributed by atoms with E-state index in [0.717, 1.165) is 6.42 Å². The maximum atomic E-state index is 12.8. The summed E-state index contributed by atoms with van der Waals surface area (Å²) >= 11 is 0. The van der Waals surface area contributed by atoms with Crippen LogP contribution < -0.4 is 0 Å². The highest BCUT2D eigenvalue weighted by Gasteiger charge is 2.74. The van der Waals surface area contributed by atoms with E-state index in [1.165, 1.54) is 7.11 Å². The lowest BCUT2D eigenvalue weighted by Gasteiger charge is -2.62.